The molecule has 0 saturated heterocycles. The van der Waals surface area contributed by atoms with Crippen molar-refractivity contribution in [3.05, 3.63) is 47.3 Å². The summed E-state index contributed by atoms with van der Waals surface area (Å²) in [5, 5.41) is 4.90. The van der Waals surface area contributed by atoms with Crippen molar-refractivity contribution in [3.8, 4) is 5.69 Å². The fraction of sp³-hybridized carbons (Fsp3) is 0.176. The fourth-order valence-electron chi connectivity index (χ4n) is 2.67. The zero-order valence-corrected chi connectivity index (χ0v) is 13.9. The van der Waals surface area contributed by atoms with Crippen molar-refractivity contribution in [2.45, 2.75) is 6.92 Å². The molecule has 2 aromatic heterocycles. The second kappa shape index (κ2) is 6.23. The highest BCUT2D eigenvalue weighted by Crippen LogP contribution is 2.30. The third kappa shape index (κ3) is 2.57. The summed E-state index contributed by atoms with van der Waals surface area (Å²) >= 11 is 0. The minimum atomic E-state index is -0.791. The maximum absolute atomic E-state index is 12.1. The Bertz CT molecular complexity index is 979. The number of anilines is 1. The summed E-state index contributed by atoms with van der Waals surface area (Å²) in [7, 11) is 2.40. The normalized spacial score (nSPS) is 10.7. The van der Waals surface area contributed by atoms with E-state index in [1.165, 1.54) is 14.2 Å². The maximum Gasteiger partial charge on any atom is 0.357 e. The van der Waals surface area contributed by atoms with E-state index < -0.39 is 11.9 Å². The van der Waals surface area contributed by atoms with E-state index in [0.717, 1.165) is 5.69 Å². The Morgan fingerprint density at radius 2 is 1.72 bits per heavy atom. The number of para-hydroxylation sites is 1. The van der Waals surface area contributed by atoms with Crippen LogP contribution >= 0.6 is 0 Å². The van der Waals surface area contributed by atoms with Crippen LogP contribution in [0.15, 0.2) is 30.3 Å². The Labute approximate surface area is 143 Å². The van der Waals surface area contributed by atoms with Crippen LogP contribution in [-0.2, 0) is 9.47 Å². The van der Waals surface area contributed by atoms with Crippen molar-refractivity contribution >= 4 is 28.7 Å². The van der Waals surface area contributed by atoms with E-state index in [9.17, 15) is 9.59 Å². The average Bonchev–Trinajstić information content (AvgIpc) is 2.97. The number of methoxy groups -OCH3 is 2. The first kappa shape index (κ1) is 16.4. The molecule has 0 aliphatic rings. The number of benzene rings is 1. The molecule has 0 bridgehead atoms. The lowest BCUT2D eigenvalue weighted by Crippen LogP contribution is -2.16. The second-order valence-corrected chi connectivity index (χ2v) is 5.26. The molecule has 8 nitrogen and oxygen atoms in total. The summed E-state index contributed by atoms with van der Waals surface area (Å²) in [4.78, 5) is 28.4. The maximum atomic E-state index is 12.1. The minimum absolute atomic E-state index is 0.0805. The van der Waals surface area contributed by atoms with Crippen molar-refractivity contribution < 1.29 is 19.1 Å². The monoisotopic (exact) mass is 340 g/mol. The Morgan fingerprint density at radius 3 is 2.32 bits per heavy atom. The van der Waals surface area contributed by atoms with Crippen LogP contribution in [-0.4, -0.2) is 40.9 Å². The average molecular weight is 340 g/mol. The van der Waals surface area contributed by atoms with E-state index in [1.807, 2.05) is 30.3 Å². The van der Waals surface area contributed by atoms with Gasteiger partial charge in [0.15, 0.2) is 11.3 Å². The van der Waals surface area contributed by atoms with E-state index in [2.05, 4.69) is 10.1 Å². The van der Waals surface area contributed by atoms with Crippen molar-refractivity contribution in [3.63, 3.8) is 0 Å². The summed E-state index contributed by atoms with van der Waals surface area (Å²) in [6.45, 7) is 1.80. The number of nitrogen functional groups attached to an aromatic ring is 1. The number of ether oxygens (including phenoxy) is 2. The highest BCUT2D eigenvalue weighted by molar-refractivity contribution is 6.11. The van der Waals surface area contributed by atoms with E-state index in [4.69, 9.17) is 15.2 Å². The van der Waals surface area contributed by atoms with E-state index in [0.29, 0.717) is 11.1 Å². The Morgan fingerprint density at radius 1 is 1.08 bits per heavy atom. The molecule has 0 atom stereocenters. The van der Waals surface area contributed by atoms with Gasteiger partial charge < -0.3 is 15.2 Å². The molecule has 0 saturated carbocycles. The summed E-state index contributed by atoms with van der Waals surface area (Å²) in [6, 6.07) is 9.38. The van der Waals surface area contributed by atoms with Gasteiger partial charge in [-0.25, -0.2) is 19.3 Å². The molecule has 3 rings (SSSR count). The summed E-state index contributed by atoms with van der Waals surface area (Å²) in [5.41, 5.74) is 7.64. The molecule has 25 heavy (non-hydrogen) atoms. The van der Waals surface area contributed by atoms with Crippen LogP contribution in [0.4, 0.5) is 5.69 Å². The molecular weight excluding hydrogens is 324 g/mol. The number of pyridine rings is 1. The lowest BCUT2D eigenvalue weighted by Gasteiger charge is -2.09. The number of aromatic nitrogens is 3. The SMILES string of the molecule is COC(=O)c1nc2nn(-c3ccccc3)c(C)c2c(N)c1C(=O)OC. The first-order valence-corrected chi connectivity index (χ1v) is 7.40. The zero-order valence-electron chi connectivity index (χ0n) is 13.9. The molecule has 1 aromatic carbocycles. The van der Waals surface area contributed by atoms with Gasteiger partial charge in [0.05, 0.1) is 36.7 Å². The van der Waals surface area contributed by atoms with Crippen LogP contribution in [0, 0.1) is 6.92 Å². The van der Waals surface area contributed by atoms with Crippen LogP contribution in [0.5, 0.6) is 0 Å². The molecule has 0 radical (unpaired) electrons. The van der Waals surface area contributed by atoms with Crippen LogP contribution in [0.2, 0.25) is 0 Å². The Kier molecular flexibility index (Phi) is 4.10. The van der Waals surface area contributed by atoms with Gasteiger partial charge in [-0.3, -0.25) is 0 Å². The van der Waals surface area contributed by atoms with Crippen molar-refractivity contribution in [2.75, 3.05) is 20.0 Å². The van der Waals surface area contributed by atoms with Gasteiger partial charge in [0, 0.05) is 0 Å². The first-order chi connectivity index (χ1) is 12.0. The molecule has 0 fully saturated rings. The van der Waals surface area contributed by atoms with Gasteiger partial charge in [0.25, 0.3) is 0 Å². The molecule has 2 N–H and O–H groups in total. The number of hydrogen-bond donors (Lipinski definition) is 1. The molecule has 0 unspecified atom stereocenters. The van der Waals surface area contributed by atoms with Gasteiger partial charge in [-0.1, -0.05) is 18.2 Å². The van der Waals surface area contributed by atoms with E-state index in [1.54, 1.807) is 11.6 Å². The number of esters is 2. The molecule has 0 aliphatic heterocycles. The van der Waals surface area contributed by atoms with E-state index in [-0.39, 0.29) is 22.6 Å². The topological polar surface area (TPSA) is 109 Å². The summed E-state index contributed by atoms with van der Waals surface area (Å²) in [5.74, 6) is -1.56. The summed E-state index contributed by atoms with van der Waals surface area (Å²) < 4.78 is 11.1. The quantitative estimate of drug-likeness (QED) is 0.725. The van der Waals surface area contributed by atoms with Gasteiger partial charge >= 0.3 is 11.9 Å². The Balaban J connectivity index is 2.36. The number of nitrogens with two attached hydrogens (primary N) is 1. The van der Waals surface area contributed by atoms with Crippen molar-refractivity contribution in [1.29, 1.82) is 0 Å². The minimum Gasteiger partial charge on any atom is -0.465 e. The number of fused-ring (bicyclic) bond motifs is 1. The molecule has 8 heteroatoms. The van der Waals surface area contributed by atoms with E-state index >= 15 is 0 Å². The van der Waals surface area contributed by atoms with Gasteiger partial charge in [-0.2, -0.15) is 0 Å². The third-order valence-electron chi connectivity index (χ3n) is 3.86. The van der Waals surface area contributed by atoms with Crippen molar-refractivity contribution in [1.82, 2.24) is 14.8 Å². The lowest BCUT2D eigenvalue weighted by molar-refractivity contribution is 0.0551. The molecule has 128 valence electrons. The molecule has 0 aliphatic carbocycles. The van der Waals surface area contributed by atoms with Crippen LogP contribution in [0.1, 0.15) is 26.5 Å². The Hall–Kier alpha value is -3.42. The predicted molar refractivity (Wildman–Crippen MR) is 90.7 cm³/mol. The standard InChI is InChI=1S/C17H16N4O4/c1-9-11-13(18)12(16(22)24-2)14(17(23)25-3)19-15(11)20-21(9)10-7-5-4-6-8-10/h4-8H,18H2,1-3H3. The number of hydrogen-bond acceptors (Lipinski definition) is 7. The van der Waals surface area contributed by atoms with Crippen LogP contribution in [0.25, 0.3) is 16.7 Å². The number of nitrogens with zero attached hydrogens (tertiary/aromatic N) is 3. The number of carbonyl (C=O) groups excluding carboxylic acids is 2. The number of rotatable bonds is 3. The predicted octanol–water partition coefficient (Wildman–Crippen LogP) is 1.88. The highest BCUT2D eigenvalue weighted by atomic mass is 16.5. The van der Waals surface area contributed by atoms with Crippen LogP contribution in [0.3, 0.4) is 0 Å². The van der Waals surface area contributed by atoms with Crippen LogP contribution < -0.4 is 5.73 Å². The third-order valence-corrected chi connectivity index (χ3v) is 3.86. The largest absolute Gasteiger partial charge is 0.465 e. The zero-order chi connectivity index (χ0) is 18.1. The van der Waals surface area contributed by atoms with Gasteiger partial charge in [0.2, 0.25) is 0 Å². The van der Waals surface area contributed by atoms with Gasteiger partial charge in [0.1, 0.15) is 5.56 Å². The smallest absolute Gasteiger partial charge is 0.357 e. The molecular formula is C17H16N4O4. The number of aryl methyl sites for hydroxylation is 1. The van der Waals surface area contributed by atoms with Crippen molar-refractivity contribution in [2.24, 2.45) is 0 Å². The molecule has 3 aromatic rings. The second-order valence-electron chi connectivity index (χ2n) is 5.26. The highest BCUT2D eigenvalue weighted by Gasteiger charge is 2.28. The molecule has 0 spiro atoms. The van der Waals surface area contributed by atoms with Gasteiger partial charge in [-0.15, -0.1) is 5.10 Å². The summed E-state index contributed by atoms with van der Waals surface area (Å²) in [6.07, 6.45) is 0. The lowest BCUT2D eigenvalue weighted by atomic mass is 10.1. The molecule has 0 amide bonds. The number of carbonyl (C=O) groups is 2. The molecule has 2 heterocycles. The fourth-order valence-corrected chi connectivity index (χ4v) is 2.67. The van der Waals surface area contributed by atoms with Gasteiger partial charge in [-0.05, 0) is 19.1 Å². The first-order valence-electron chi connectivity index (χ1n) is 7.40.